The van der Waals surface area contributed by atoms with E-state index >= 15 is 0 Å². The van der Waals surface area contributed by atoms with Crippen LogP contribution in [0.5, 0.6) is 0 Å². The molecule has 2 aromatic rings. The van der Waals surface area contributed by atoms with Crippen molar-refractivity contribution in [2.45, 2.75) is 6.92 Å². The van der Waals surface area contributed by atoms with Gasteiger partial charge in [-0.05, 0) is 19.1 Å². The highest BCUT2D eigenvalue weighted by Crippen LogP contribution is 2.07. The lowest BCUT2D eigenvalue weighted by Gasteiger charge is -1.95. The monoisotopic (exact) mass is 191 g/mol. The van der Waals surface area contributed by atoms with Crippen molar-refractivity contribution in [3.63, 3.8) is 0 Å². The second-order valence-electron chi connectivity index (χ2n) is 2.68. The van der Waals surface area contributed by atoms with Gasteiger partial charge in [0.2, 0.25) is 5.82 Å². The molecule has 0 aromatic carbocycles. The number of nitrogens with one attached hydrogen (secondary N) is 1. The average molecular weight is 191 g/mol. The maximum Gasteiger partial charge on any atom is 0.374 e. The molecule has 0 atom stereocenters. The van der Waals surface area contributed by atoms with E-state index in [-0.39, 0.29) is 5.82 Å². The molecule has 5 nitrogen and oxygen atoms in total. The number of fused-ring (bicyclic) bond motifs is 1. The zero-order valence-electron chi connectivity index (χ0n) is 7.65. The fourth-order valence-corrected chi connectivity index (χ4v) is 1.14. The number of ether oxygens (including phenoxy) is 1. The molecule has 0 bridgehead atoms. The van der Waals surface area contributed by atoms with Crippen LogP contribution in [0.25, 0.3) is 11.2 Å². The van der Waals surface area contributed by atoms with Crippen molar-refractivity contribution >= 4 is 17.1 Å². The summed E-state index contributed by atoms with van der Waals surface area (Å²) in [6.45, 7) is 2.09. The van der Waals surface area contributed by atoms with Crippen LogP contribution >= 0.6 is 0 Å². The van der Waals surface area contributed by atoms with Gasteiger partial charge in [0.15, 0.2) is 5.65 Å². The Bertz CT molecular complexity index is 431. The topological polar surface area (TPSA) is 67.9 Å². The number of H-pyrrole nitrogens is 1. The summed E-state index contributed by atoms with van der Waals surface area (Å²) in [5.74, 6) is -0.258. The van der Waals surface area contributed by atoms with Crippen LogP contribution in [0.3, 0.4) is 0 Å². The number of aromatic nitrogens is 3. The lowest BCUT2D eigenvalue weighted by molar-refractivity contribution is 0.0513. The lowest BCUT2D eigenvalue weighted by Crippen LogP contribution is -2.06. The summed E-state index contributed by atoms with van der Waals surface area (Å²) >= 11 is 0. The molecule has 0 saturated heterocycles. The molecule has 0 aliphatic carbocycles. The summed E-state index contributed by atoms with van der Waals surface area (Å²) in [7, 11) is 0. The second-order valence-corrected chi connectivity index (χ2v) is 2.68. The maximum atomic E-state index is 11.3. The third kappa shape index (κ3) is 1.44. The molecule has 14 heavy (non-hydrogen) atoms. The van der Waals surface area contributed by atoms with Crippen molar-refractivity contribution < 1.29 is 9.53 Å². The first kappa shape index (κ1) is 8.68. The lowest BCUT2D eigenvalue weighted by atomic mass is 10.4. The smallest absolute Gasteiger partial charge is 0.374 e. The van der Waals surface area contributed by atoms with E-state index in [4.69, 9.17) is 4.74 Å². The van der Waals surface area contributed by atoms with Gasteiger partial charge in [-0.25, -0.2) is 14.8 Å². The maximum absolute atomic E-state index is 11.3. The summed E-state index contributed by atoms with van der Waals surface area (Å²) in [6.07, 6.45) is 1.62. The molecule has 0 radical (unpaired) electrons. The number of rotatable bonds is 2. The Morgan fingerprint density at radius 2 is 2.50 bits per heavy atom. The molecule has 5 heteroatoms. The fourth-order valence-electron chi connectivity index (χ4n) is 1.14. The van der Waals surface area contributed by atoms with E-state index in [0.717, 1.165) is 5.52 Å². The van der Waals surface area contributed by atoms with Crippen LogP contribution in [0.2, 0.25) is 0 Å². The molecule has 0 aliphatic rings. The molecule has 0 spiro atoms. The predicted octanol–water partition coefficient (Wildman–Crippen LogP) is 1.13. The zero-order chi connectivity index (χ0) is 9.97. The number of aromatic amines is 1. The third-order valence-corrected chi connectivity index (χ3v) is 1.73. The van der Waals surface area contributed by atoms with Crippen molar-refractivity contribution in [2.75, 3.05) is 6.61 Å². The van der Waals surface area contributed by atoms with Crippen molar-refractivity contribution in [2.24, 2.45) is 0 Å². The van der Waals surface area contributed by atoms with E-state index in [2.05, 4.69) is 15.0 Å². The molecule has 72 valence electrons. The third-order valence-electron chi connectivity index (χ3n) is 1.73. The normalized spacial score (nSPS) is 10.4. The van der Waals surface area contributed by atoms with E-state index in [9.17, 15) is 4.79 Å². The molecule has 0 saturated carbocycles. The Hall–Kier alpha value is -1.91. The highest BCUT2D eigenvalue weighted by Gasteiger charge is 2.11. The molecule has 0 unspecified atom stereocenters. The molecular formula is C9H9N3O2. The summed E-state index contributed by atoms with van der Waals surface area (Å²) in [5.41, 5.74) is 1.26. The number of pyridine rings is 1. The van der Waals surface area contributed by atoms with Gasteiger partial charge in [0.25, 0.3) is 0 Å². The molecule has 1 N–H and O–H groups in total. The zero-order valence-corrected chi connectivity index (χ0v) is 7.65. The minimum absolute atomic E-state index is 0.195. The Kier molecular flexibility index (Phi) is 2.14. The molecule has 0 fully saturated rings. The van der Waals surface area contributed by atoms with Crippen LogP contribution in [-0.2, 0) is 4.74 Å². The van der Waals surface area contributed by atoms with Gasteiger partial charge in [-0.2, -0.15) is 0 Å². The largest absolute Gasteiger partial charge is 0.460 e. The van der Waals surface area contributed by atoms with E-state index in [0.29, 0.717) is 12.3 Å². The van der Waals surface area contributed by atoms with E-state index < -0.39 is 5.97 Å². The highest BCUT2D eigenvalue weighted by atomic mass is 16.5. The molecule has 2 heterocycles. The van der Waals surface area contributed by atoms with Gasteiger partial charge < -0.3 is 9.72 Å². The second kappa shape index (κ2) is 3.45. The van der Waals surface area contributed by atoms with Crippen LogP contribution in [0.1, 0.15) is 17.5 Å². The first-order valence-corrected chi connectivity index (χ1v) is 4.29. The fraction of sp³-hybridized carbons (Fsp3) is 0.222. The van der Waals surface area contributed by atoms with Crippen LogP contribution in [0.4, 0.5) is 0 Å². The first-order valence-electron chi connectivity index (χ1n) is 4.29. The van der Waals surface area contributed by atoms with Crippen LogP contribution in [0.15, 0.2) is 18.3 Å². The van der Waals surface area contributed by atoms with Crippen molar-refractivity contribution in [1.29, 1.82) is 0 Å². The van der Waals surface area contributed by atoms with Gasteiger partial charge in [0.05, 0.1) is 12.1 Å². The number of hydrogen-bond acceptors (Lipinski definition) is 4. The van der Waals surface area contributed by atoms with E-state index in [1.807, 2.05) is 0 Å². The molecule has 0 aliphatic heterocycles. The standard InChI is InChI=1S/C9H9N3O2/c1-2-14-9(13)8-11-6-4-3-5-10-7(6)12-8/h3-5H,2H2,1H3,(H,10,11,12). The molecular weight excluding hydrogens is 182 g/mol. The Morgan fingerprint density at radius 3 is 3.21 bits per heavy atom. The van der Waals surface area contributed by atoms with Crippen LogP contribution < -0.4 is 0 Å². The van der Waals surface area contributed by atoms with Crippen molar-refractivity contribution in [3.05, 3.63) is 24.2 Å². The summed E-state index contributed by atoms with van der Waals surface area (Å²) in [5, 5.41) is 0. The Morgan fingerprint density at radius 1 is 1.64 bits per heavy atom. The van der Waals surface area contributed by atoms with Gasteiger partial charge in [0, 0.05) is 6.20 Å². The number of esters is 1. The summed E-state index contributed by atoms with van der Waals surface area (Å²) in [4.78, 5) is 22.1. The Labute approximate surface area is 80.1 Å². The number of carbonyl (C=O) groups is 1. The highest BCUT2D eigenvalue weighted by molar-refractivity contribution is 5.89. The number of hydrogen-bond donors (Lipinski definition) is 1. The number of nitrogens with zero attached hydrogens (tertiary/aromatic N) is 2. The van der Waals surface area contributed by atoms with Gasteiger partial charge in [-0.1, -0.05) is 0 Å². The van der Waals surface area contributed by atoms with Gasteiger partial charge >= 0.3 is 5.97 Å². The SMILES string of the molecule is CCOC(=O)c1nc2ncccc2[nH]1. The van der Waals surface area contributed by atoms with E-state index in [1.165, 1.54) is 0 Å². The van der Waals surface area contributed by atoms with Gasteiger partial charge in [-0.3, -0.25) is 0 Å². The quantitative estimate of drug-likeness (QED) is 0.722. The molecule has 0 amide bonds. The minimum Gasteiger partial charge on any atom is -0.460 e. The average Bonchev–Trinajstić information content (AvgIpc) is 2.61. The molecule has 2 aromatic heterocycles. The number of carbonyl (C=O) groups excluding carboxylic acids is 1. The Balaban J connectivity index is 2.40. The van der Waals surface area contributed by atoms with E-state index in [1.54, 1.807) is 25.3 Å². The molecule has 2 rings (SSSR count). The number of imidazole rings is 1. The minimum atomic E-state index is -0.453. The van der Waals surface area contributed by atoms with Gasteiger partial charge in [0.1, 0.15) is 0 Å². The van der Waals surface area contributed by atoms with Crippen molar-refractivity contribution in [3.8, 4) is 0 Å². The van der Waals surface area contributed by atoms with Crippen molar-refractivity contribution in [1.82, 2.24) is 15.0 Å². The summed E-state index contributed by atoms with van der Waals surface area (Å²) in [6, 6.07) is 3.58. The van der Waals surface area contributed by atoms with Gasteiger partial charge in [-0.15, -0.1) is 0 Å². The van der Waals surface area contributed by atoms with Crippen LogP contribution in [0, 0.1) is 0 Å². The van der Waals surface area contributed by atoms with Crippen LogP contribution in [-0.4, -0.2) is 27.5 Å². The first-order chi connectivity index (χ1) is 6.81. The summed E-state index contributed by atoms with van der Waals surface area (Å²) < 4.78 is 4.80. The predicted molar refractivity (Wildman–Crippen MR) is 49.8 cm³/mol.